The van der Waals surface area contributed by atoms with Gasteiger partial charge >= 0.3 is 0 Å². The lowest BCUT2D eigenvalue weighted by molar-refractivity contribution is 1.41. The van der Waals surface area contributed by atoms with Crippen molar-refractivity contribution in [3.63, 3.8) is 0 Å². The Morgan fingerprint density at radius 3 is 2.18 bits per heavy atom. The Morgan fingerprint density at radius 2 is 1.47 bits per heavy atom. The van der Waals surface area contributed by atoms with E-state index >= 15 is 0 Å². The molecule has 0 radical (unpaired) electrons. The first kappa shape index (κ1) is 10.2. The van der Waals surface area contributed by atoms with E-state index in [1.165, 1.54) is 16.7 Å². The third kappa shape index (κ3) is 1.99. The van der Waals surface area contributed by atoms with Crippen LogP contribution in [0.5, 0.6) is 0 Å². The smallest absolute Gasteiger partial charge is 0.123 e. The van der Waals surface area contributed by atoms with Crippen LogP contribution in [0.15, 0.2) is 66.2 Å². The zero-order valence-electron chi connectivity index (χ0n) is 9.21. The van der Waals surface area contributed by atoms with E-state index in [1.807, 2.05) is 17.6 Å². The summed E-state index contributed by atoms with van der Waals surface area (Å²) in [5, 5.41) is 3.08. The zero-order valence-corrected chi connectivity index (χ0v) is 10.0. The second-order valence-electron chi connectivity index (χ2n) is 3.75. The Bertz CT molecular complexity index is 600. The highest BCUT2D eigenvalue weighted by molar-refractivity contribution is 7.13. The third-order valence-electron chi connectivity index (χ3n) is 2.67. The van der Waals surface area contributed by atoms with Gasteiger partial charge in [-0.05, 0) is 11.1 Å². The third-order valence-corrected chi connectivity index (χ3v) is 3.48. The van der Waals surface area contributed by atoms with E-state index in [4.69, 9.17) is 0 Å². The van der Waals surface area contributed by atoms with Crippen LogP contribution in [0.4, 0.5) is 0 Å². The van der Waals surface area contributed by atoms with Gasteiger partial charge in [0, 0.05) is 17.1 Å². The van der Waals surface area contributed by atoms with Crippen LogP contribution in [-0.4, -0.2) is 4.98 Å². The number of thiazole rings is 1. The van der Waals surface area contributed by atoms with Gasteiger partial charge in [0.25, 0.3) is 0 Å². The van der Waals surface area contributed by atoms with E-state index in [1.54, 1.807) is 11.3 Å². The quantitative estimate of drug-likeness (QED) is 0.640. The van der Waals surface area contributed by atoms with Crippen molar-refractivity contribution in [3.8, 4) is 21.7 Å². The van der Waals surface area contributed by atoms with Crippen LogP contribution >= 0.6 is 11.3 Å². The van der Waals surface area contributed by atoms with Gasteiger partial charge in [-0.25, -0.2) is 4.98 Å². The average molecular weight is 237 g/mol. The van der Waals surface area contributed by atoms with Crippen molar-refractivity contribution in [2.75, 3.05) is 0 Å². The number of rotatable bonds is 2. The van der Waals surface area contributed by atoms with Crippen molar-refractivity contribution in [2.24, 2.45) is 0 Å². The lowest BCUT2D eigenvalue weighted by Gasteiger charge is -2.06. The molecule has 0 N–H and O–H groups in total. The maximum absolute atomic E-state index is 4.39. The topological polar surface area (TPSA) is 12.9 Å². The summed E-state index contributed by atoms with van der Waals surface area (Å²) in [6.07, 6.45) is 1.85. The Hall–Kier alpha value is -1.93. The van der Waals surface area contributed by atoms with E-state index in [-0.39, 0.29) is 0 Å². The highest BCUT2D eigenvalue weighted by Crippen LogP contribution is 2.32. The van der Waals surface area contributed by atoms with E-state index in [9.17, 15) is 0 Å². The summed E-state index contributed by atoms with van der Waals surface area (Å²) in [6.45, 7) is 0. The lowest BCUT2D eigenvalue weighted by Crippen LogP contribution is -1.83. The molecule has 82 valence electrons. The second-order valence-corrected chi connectivity index (χ2v) is 4.64. The molecule has 1 heterocycles. The van der Waals surface area contributed by atoms with E-state index < -0.39 is 0 Å². The van der Waals surface area contributed by atoms with Crippen LogP contribution in [0.25, 0.3) is 21.7 Å². The monoisotopic (exact) mass is 237 g/mol. The molecule has 1 aromatic heterocycles. The number of nitrogens with zero attached hydrogens (tertiary/aromatic N) is 1. The predicted molar refractivity (Wildman–Crippen MR) is 73.0 cm³/mol. The molecule has 0 atom stereocenters. The second kappa shape index (κ2) is 4.52. The van der Waals surface area contributed by atoms with Gasteiger partial charge in [0.15, 0.2) is 0 Å². The Kier molecular flexibility index (Phi) is 2.72. The van der Waals surface area contributed by atoms with Gasteiger partial charge in [0.2, 0.25) is 0 Å². The van der Waals surface area contributed by atoms with Gasteiger partial charge < -0.3 is 0 Å². The summed E-state index contributed by atoms with van der Waals surface area (Å²) >= 11 is 1.67. The van der Waals surface area contributed by atoms with Crippen molar-refractivity contribution < 1.29 is 0 Å². The summed E-state index contributed by atoms with van der Waals surface area (Å²) < 4.78 is 0. The van der Waals surface area contributed by atoms with Crippen LogP contribution in [0.2, 0.25) is 0 Å². The molecular formula is C15H11NS. The Labute approximate surface area is 104 Å². The van der Waals surface area contributed by atoms with Gasteiger partial charge in [0.05, 0.1) is 0 Å². The zero-order chi connectivity index (χ0) is 11.5. The molecule has 0 aliphatic rings. The molecule has 2 aromatic carbocycles. The van der Waals surface area contributed by atoms with Gasteiger partial charge in [-0.3, -0.25) is 0 Å². The maximum atomic E-state index is 4.39. The molecule has 0 fully saturated rings. The van der Waals surface area contributed by atoms with Gasteiger partial charge in [-0.1, -0.05) is 54.6 Å². The normalized spacial score (nSPS) is 10.4. The maximum Gasteiger partial charge on any atom is 0.123 e. The molecule has 0 amide bonds. The molecule has 0 saturated heterocycles. The Balaban J connectivity index is 2.18. The van der Waals surface area contributed by atoms with Crippen molar-refractivity contribution >= 4 is 11.3 Å². The lowest BCUT2D eigenvalue weighted by atomic mass is 10.0. The molecule has 0 bridgehead atoms. The first-order valence-corrected chi connectivity index (χ1v) is 6.37. The average Bonchev–Trinajstić information content (AvgIpc) is 2.94. The first-order chi connectivity index (χ1) is 8.45. The van der Waals surface area contributed by atoms with Gasteiger partial charge in [0.1, 0.15) is 5.01 Å². The molecule has 3 aromatic rings. The fourth-order valence-electron chi connectivity index (χ4n) is 1.90. The molecule has 3 rings (SSSR count). The minimum Gasteiger partial charge on any atom is -0.245 e. The minimum atomic E-state index is 1.07. The van der Waals surface area contributed by atoms with E-state index in [0.717, 1.165) is 5.01 Å². The fourth-order valence-corrected chi connectivity index (χ4v) is 2.57. The Morgan fingerprint density at radius 1 is 0.765 bits per heavy atom. The molecule has 0 saturated carbocycles. The van der Waals surface area contributed by atoms with Crippen LogP contribution < -0.4 is 0 Å². The highest BCUT2D eigenvalue weighted by atomic mass is 32.1. The van der Waals surface area contributed by atoms with Crippen molar-refractivity contribution in [1.82, 2.24) is 4.98 Å². The molecular weight excluding hydrogens is 226 g/mol. The molecule has 17 heavy (non-hydrogen) atoms. The number of aromatic nitrogens is 1. The predicted octanol–water partition coefficient (Wildman–Crippen LogP) is 4.48. The highest BCUT2D eigenvalue weighted by Gasteiger charge is 2.07. The largest absolute Gasteiger partial charge is 0.245 e. The van der Waals surface area contributed by atoms with Crippen molar-refractivity contribution in [1.29, 1.82) is 0 Å². The van der Waals surface area contributed by atoms with Crippen LogP contribution in [0, 0.1) is 0 Å². The van der Waals surface area contributed by atoms with Gasteiger partial charge in [-0.2, -0.15) is 0 Å². The van der Waals surface area contributed by atoms with Crippen molar-refractivity contribution in [2.45, 2.75) is 0 Å². The van der Waals surface area contributed by atoms with E-state index in [0.29, 0.717) is 0 Å². The summed E-state index contributed by atoms with van der Waals surface area (Å²) in [5.41, 5.74) is 3.68. The summed E-state index contributed by atoms with van der Waals surface area (Å²) in [5.74, 6) is 0. The van der Waals surface area contributed by atoms with Crippen LogP contribution in [0.1, 0.15) is 0 Å². The molecule has 0 spiro atoms. The minimum absolute atomic E-state index is 1.07. The number of benzene rings is 2. The molecule has 0 aliphatic heterocycles. The van der Waals surface area contributed by atoms with Crippen LogP contribution in [0.3, 0.4) is 0 Å². The van der Waals surface area contributed by atoms with Crippen molar-refractivity contribution in [3.05, 3.63) is 66.2 Å². The molecule has 1 nitrogen and oxygen atoms in total. The SMILES string of the molecule is c1ccc(-c2ccccc2-c2nccs2)cc1. The summed E-state index contributed by atoms with van der Waals surface area (Å²) in [4.78, 5) is 4.39. The van der Waals surface area contributed by atoms with E-state index in [2.05, 4.69) is 53.5 Å². The summed E-state index contributed by atoms with van der Waals surface area (Å²) in [6, 6.07) is 18.8. The fraction of sp³-hybridized carbons (Fsp3) is 0. The molecule has 0 unspecified atom stereocenters. The van der Waals surface area contributed by atoms with Gasteiger partial charge in [-0.15, -0.1) is 11.3 Å². The number of hydrogen-bond donors (Lipinski definition) is 0. The molecule has 0 aliphatic carbocycles. The number of hydrogen-bond acceptors (Lipinski definition) is 2. The first-order valence-electron chi connectivity index (χ1n) is 5.49. The van der Waals surface area contributed by atoms with Crippen LogP contribution in [-0.2, 0) is 0 Å². The summed E-state index contributed by atoms with van der Waals surface area (Å²) in [7, 11) is 0. The molecule has 2 heteroatoms. The standard InChI is InChI=1S/C15H11NS/c1-2-6-12(7-3-1)13-8-4-5-9-14(13)15-16-10-11-17-15/h1-11H.